The minimum absolute atomic E-state index is 0.140. The van der Waals surface area contributed by atoms with Crippen LogP contribution in [0, 0.1) is 6.92 Å². The molecule has 132 valence electrons. The summed E-state index contributed by atoms with van der Waals surface area (Å²) in [4.78, 5) is 37.2. The molecule has 1 aromatic heterocycles. The summed E-state index contributed by atoms with van der Waals surface area (Å²) in [5.74, 6) is -1.75. The Morgan fingerprint density at radius 2 is 1.88 bits per heavy atom. The van der Waals surface area contributed by atoms with Crippen molar-refractivity contribution in [2.75, 3.05) is 13.7 Å². The molecule has 0 aliphatic carbocycles. The van der Waals surface area contributed by atoms with E-state index in [1.54, 1.807) is 0 Å². The van der Waals surface area contributed by atoms with Crippen molar-refractivity contribution in [1.29, 1.82) is 0 Å². The number of rotatable bonds is 6. The highest BCUT2D eigenvalue weighted by Gasteiger charge is 2.25. The van der Waals surface area contributed by atoms with Crippen LogP contribution in [0.2, 0.25) is 0 Å². The zero-order valence-corrected chi connectivity index (χ0v) is 14.0. The van der Waals surface area contributed by atoms with E-state index in [-0.39, 0.29) is 12.2 Å². The Labute approximate surface area is 144 Å². The summed E-state index contributed by atoms with van der Waals surface area (Å²) in [5.41, 5.74) is 0.877. The lowest BCUT2D eigenvalue weighted by atomic mass is 10.0. The van der Waals surface area contributed by atoms with Gasteiger partial charge < -0.3 is 19.7 Å². The second kappa shape index (κ2) is 7.76. The Bertz CT molecular complexity index is 843. The second-order valence-electron chi connectivity index (χ2n) is 5.72. The molecule has 7 nitrogen and oxygen atoms in total. The van der Waals surface area contributed by atoms with Crippen LogP contribution in [0.25, 0.3) is 0 Å². The molecule has 1 atom stereocenters. The number of carboxylic acids is 1. The van der Waals surface area contributed by atoms with Gasteiger partial charge in [0.15, 0.2) is 0 Å². The van der Waals surface area contributed by atoms with Crippen LogP contribution in [0.4, 0.5) is 0 Å². The molecular weight excluding hydrogens is 324 g/mol. The first-order valence-electron chi connectivity index (χ1n) is 7.71. The number of aliphatic carboxylic acids is 1. The van der Waals surface area contributed by atoms with E-state index in [1.165, 1.54) is 30.3 Å². The molecule has 0 aliphatic rings. The molecule has 2 N–H and O–H groups in total. The number of aliphatic hydroxyl groups is 1. The minimum atomic E-state index is -1.17. The van der Waals surface area contributed by atoms with E-state index in [9.17, 15) is 19.5 Å². The van der Waals surface area contributed by atoms with Crippen molar-refractivity contribution in [3.63, 3.8) is 0 Å². The van der Waals surface area contributed by atoms with E-state index in [4.69, 9.17) is 5.11 Å². The van der Waals surface area contributed by atoms with Gasteiger partial charge >= 0.3 is 5.97 Å². The Morgan fingerprint density at radius 1 is 1.20 bits per heavy atom. The quantitative estimate of drug-likeness (QED) is 0.816. The number of hydrogen-bond acceptors (Lipinski definition) is 4. The van der Waals surface area contributed by atoms with Gasteiger partial charge in [0.25, 0.3) is 11.5 Å². The molecular formula is C18H20N2O5. The van der Waals surface area contributed by atoms with Crippen LogP contribution in [0.15, 0.2) is 47.4 Å². The van der Waals surface area contributed by atoms with Crippen molar-refractivity contribution in [2.45, 2.75) is 19.5 Å². The van der Waals surface area contributed by atoms with Gasteiger partial charge in [-0.3, -0.25) is 14.4 Å². The molecule has 0 saturated carbocycles. The fraction of sp³-hybridized carbons (Fsp3) is 0.278. The summed E-state index contributed by atoms with van der Waals surface area (Å²) in [6.45, 7) is 1.05. The summed E-state index contributed by atoms with van der Waals surface area (Å²) >= 11 is 0. The van der Waals surface area contributed by atoms with Crippen molar-refractivity contribution in [1.82, 2.24) is 9.47 Å². The average Bonchev–Trinajstić information content (AvgIpc) is 2.58. The van der Waals surface area contributed by atoms with E-state index >= 15 is 0 Å². The van der Waals surface area contributed by atoms with Crippen molar-refractivity contribution >= 4 is 11.9 Å². The highest BCUT2D eigenvalue weighted by molar-refractivity contribution is 5.94. The first-order valence-corrected chi connectivity index (χ1v) is 7.71. The Morgan fingerprint density at radius 3 is 2.48 bits per heavy atom. The zero-order chi connectivity index (χ0) is 18.6. The number of amides is 1. The predicted molar refractivity (Wildman–Crippen MR) is 91.4 cm³/mol. The smallest absolute Gasteiger partial charge is 0.323 e. The number of nitrogens with zero attached hydrogens (tertiary/aromatic N) is 2. The van der Waals surface area contributed by atoms with Gasteiger partial charge in [-0.25, -0.2) is 0 Å². The molecule has 0 fully saturated rings. The van der Waals surface area contributed by atoms with Crippen molar-refractivity contribution in [2.24, 2.45) is 0 Å². The zero-order valence-electron chi connectivity index (χ0n) is 14.0. The Hall–Kier alpha value is -2.93. The number of aromatic nitrogens is 1. The van der Waals surface area contributed by atoms with Crippen molar-refractivity contribution in [3.05, 3.63) is 69.6 Å². The fourth-order valence-corrected chi connectivity index (χ4v) is 2.69. The molecule has 1 heterocycles. The molecule has 7 heteroatoms. The number of carboxylic acid groups (broad SMARTS) is 1. The molecule has 0 radical (unpaired) electrons. The molecule has 1 amide bonds. The second-order valence-corrected chi connectivity index (χ2v) is 5.72. The molecule has 1 aromatic carbocycles. The molecule has 0 aliphatic heterocycles. The SMILES string of the molecule is Cc1ccccc1C(CO)N(C)C(=O)c1cccn(CC(=O)O)c1=O. The molecule has 25 heavy (non-hydrogen) atoms. The highest BCUT2D eigenvalue weighted by Crippen LogP contribution is 2.23. The van der Waals surface area contributed by atoms with Crippen LogP contribution in [0.3, 0.4) is 0 Å². The third-order valence-corrected chi connectivity index (χ3v) is 4.06. The molecule has 2 rings (SSSR count). The number of hydrogen-bond donors (Lipinski definition) is 2. The molecule has 0 spiro atoms. The van der Waals surface area contributed by atoms with Gasteiger partial charge in [0.05, 0.1) is 12.6 Å². The summed E-state index contributed by atoms with van der Waals surface area (Å²) in [5, 5.41) is 18.6. The lowest BCUT2D eigenvalue weighted by molar-refractivity contribution is -0.137. The van der Waals surface area contributed by atoms with Crippen LogP contribution >= 0.6 is 0 Å². The van der Waals surface area contributed by atoms with Crippen molar-refractivity contribution < 1.29 is 19.8 Å². The van der Waals surface area contributed by atoms with Gasteiger partial charge in [-0.2, -0.15) is 0 Å². The summed E-state index contributed by atoms with van der Waals surface area (Å²) in [6.07, 6.45) is 1.32. The van der Waals surface area contributed by atoms with E-state index in [1.807, 2.05) is 31.2 Å². The number of likely N-dealkylation sites (N-methyl/N-ethyl adjacent to an activating group) is 1. The van der Waals surface area contributed by atoms with E-state index in [2.05, 4.69) is 0 Å². The first kappa shape index (κ1) is 18.4. The lowest BCUT2D eigenvalue weighted by Gasteiger charge is -2.28. The molecule has 0 bridgehead atoms. The summed E-state index contributed by atoms with van der Waals surface area (Å²) < 4.78 is 0.963. The van der Waals surface area contributed by atoms with E-state index < -0.39 is 30.0 Å². The largest absolute Gasteiger partial charge is 0.480 e. The van der Waals surface area contributed by atoms with Crippen LogP contribution in [-0.4, -0.2) is 45.2 Å². The third kappa shape index (κ3) is 3.95. The normalized spacial score (nSPS) is 11.8. The number of aryl methyl sites for hydroxylation is 1. The maximum atomic E-state index is 12.7. The van der Waals surface area contributed by atoms with Gasteiger partial charge in [-0.15, -0.1) is 0 Å². The van der Waals surface area contributed by atoms with Gasteiger partial charge in [-0.1, -0.05) is 24.3 Å². The van der Waals surface area contributed by atoms with Crippen LogP contribution in [0.5, 0.6) is 0 Å². The van der Waals surface area contributed by atoms with Gasteiger partial charge in [-0.05, 0) is 30.2 Å². The van der Waals surface area contributed by atoms with Crippen LogP contribution < -0.4 is 5.56 Å². The number of pyridine rings is 1. The van der Waals surface area contributed by atoms with E-state index in [0.717, 1.165) is 15.7 Å². The topological polar surface area (TPSA) is 99.8 Å². The van der Waals surface area contributed by atoms with Gasteiger partial charge in [0.1, 0.15) is 12.1 Å². The maximum absolute atomic E-state index is 12.7. The first-order chi connectivity index (χ1) is 11.9. The van der Waals surface area contributed by atoms with Gasteiger partial charge in [0, 0.05) is 13.2 Å². The number of benzene rings is 1. The van der Waals surface area contributed by atoms with Crippen LogP contribution in [0.1, 0.15) is 27.5 Å². The third-order valence-electron chi connectivity index (χ3n) is 4.06. The van der Waals surface area contributed by atoms with E-state index in [0.29, 0.717) is 0 Å². The van der Waals surface area contributed by atoms with Crippen molar-refractivity contribution in [3.8, 4) is 0 Å². The molecule has 0 saturated heterocycles. The number of carbonyl (C=O) groups is 2. The van der Waals surface area contributed by atoms with Crippen LogP contribution in [-0.2, 0) is 11.3 Å². The summed E-state index contributed by atoms with van der Waals surface area (Å²) in [6, 6.07) is 9.55. The summed E-state index contributed by atoms with van der Waals surface area (Å²) in [7, 11) is 1.50. The average molecular weight is 344 g/mol. The molecule has 1 unspecified atom stereocenters. The Kier molecular flexibility index (Phi) is 5.71. The van der Waals surface area contributed by atoms with Gasteiger partial charge in [0.2, 0.25) is 0 Å². The maximum Gasteiger partial charge on any atom is 0.323 e. The molecule has 2 aromatic rings. The number of carbonyl (C=O) groups excluding carboxylic acids is 1. The standard InChI is InChI=1S/C18H20N2O5/c1-12-6-3-4-7-13(12)15(11-21)19(2)17(24)14-8-5-9-20(18(14)25)10-16(22)23/h3-9,15,21H,10-11H2,1-2H3,(H,22,23). The lowest BCUT2D eigenvalue weighted by Crippen LogP contribution is -2.38. The minimum Gasteiger partial charge on any atom is -0.480 e. The Balaban J connectivity index is 2.38. The number of aliphatic hydroxyl groups excluding tert-OH is 1. The fourth-order valence-electron chi connectivity index (χ4n) is 2.69. The monoisotopic (exact) mass is 344 g/mol. The predicted octanol–water partition coefficient (Wildman–Crippen LogP) is 1.05. The highest BCUT2D eigenvalue weighted by atomic mass is 16.4.